The number of rotatable bonds is 3. The fourth-order valence-electron chi connectivity index (χ4n) is 2.57. The Bertz CT molecular complexity index is 367. The van der Waals surface area contributed by atoms with E-state index in [0.717, 1.165) is 11.6 Å². The largest absolute Gasteiger partial charge is 0.306 e. The Morgan fingerprint density at radius 3 is 2.88 bits per heavy atom. The summed E-state index contributed by atoms with van der Waals surface area (Å²) in [5.41, 5.74) is 1.20. The topological polar surface area (TPSA) is 15.3 Å². The number of likely N-dealkylation sites (N-methyl/N-ethyl adjacent to an activating group) is 1. The SMILES string of the molecule is CC(NC1CCCN(C)C1)c1ccccc1Cl. The Morgan fingerprint density at radius 1 is 1.41 bits per heavy atom. The third-order valence-electron chi connectivity index (χ3n) is 3.48. The van der Waals surface area contributed by atoms with E-state index in [9.17, 15) is 0 Å². The third-order valence-corrected chi connectivity index (χ3v) is 3.83. The van der Waals surface area contributed by atoms with Gasteiger partial charge in [-0.1, -0.05) is 29.8 Å². The summed E-state index contributed by atoms with van der Waals surface area (Å²) in [5, 5.41) is 4.54. The Hall–Kier alpha value is -0.570. The molecule has 1 aromatic carbocycles. The Kier molecular flexibility index (Phi) is 4.43. The highest BCUT2D eigenvalue weighted by Crippen LogP contribution is 2.23. The zero-order valence-electron chi connectivity index (χ0n) is 10.6. The minimum absolute atomic E-state index is 0.320. The standard InChI is InChI=1S/C14H21ClN2/c1-11(13-7-3-4-8-14(13)15)16-12-6-5-9-17(2)10-12/h3-4,7-8,11-12,16H,5-6,9-10H2,1-2H3. The van der Waals surface area contributed by atoms with Gasteiger partial charge in [-0.15, -0.1) is 0 Å². The molecule has 2 rings (SSSR count). The zero-order valence-corrected chi connectivity index (χ0v) is 11.4. The molecule has 3 heteroatoms. The lowest BCUT2D eigenvalue weighted by Gasteiger charge is -2.32. The lowest BCUT2D eigenvalue weighted by molar-refractivity contribution is 0.218. The van der Waals surface area contributed by atoms with E-state index < -0.39 is 0 Å². The predicted octanol–water partition coefficient (Wildman–Crippen LogP) is 3.08. The molecule has 0 aromatic heterocycles. The number of halogens is 1. The number of piperidine rings is 1. The van der Waals surface area contributed by atoms with E-state index in [1.807, 2.05) is 18.2 Å². The normalized spacial score (nSPS) is 23.6. The first kappa shape index (κ1) is 12.9. The maximum Gasteiger partial charge on any atom is 0.0453 e. The van der Waals surface area contributed by atoms with Gasteiger partial charge in [-0.25, -0.2) is 0 Å². The molecule has 2 nitrogen and oxygen atoms in total. The summed E-state index contributed by atoms with van der Waals surface area (Å²) >= 11 is 6.22. The maximum absolute atomic E-state index is 6.22. The molecule has 1 fully saturated rings. The first-order valence-corrected chi connectivity index (χ1v) is 6.73. The second-order valence-corrected chi connectivity index (χ2v) is 5.42. The molecule has 1 aliphatic rings. The smallest absolute Gasteiger partial charge is 0.0453 e. The van der Waals surface area contributed by atoms with Crippen LogP contribution in [0.2, 0.25) is 5.02 Å². The molecule has 0 spiro atoms. The number of nitrogens with zero attached hydrogens (tertiary/aromatic N) is 1. The van der Waals surface area contributed by atoms with E-state index in [1.54, 1.807) is 0 Å². The predicted molar refractivity (Wildman–Crippen MR) is 73.5 cm³/mol. The monoisotopic (exact) mass is 252 g/mol. The molecule has 1 heterocycles. The molecule has 17 heavy (non-hydrogen) atoms. The molecule has 1 aliphatic heterocycles. The number of hydrogen-bond donors (Lipinski definition) is 1. The van der Waals surface area contributed by atoms with Crippen molar-refractivity contribution in [3.8, 4) is 0 Å². The van der Waals surface area contributed by atoms with E-state index >= 15 is 0 Å². The maximum atomic E-state index is 6.22. The Labute approximate surface area is 109 Å². The van der Waals surface area contributed by atoms with Gasteiger partial charge in [-0.3, -0.25) is 0 Å². The van der Waals surface area contributed by atoms with Gasteiger partial charge in [0.1, 0.15) is 0 Å². The van der Waals surface area contributed by atoms with Crippen LogP contribution in [0.1, 0.15) is 31.4 Å². The summed E-state index contributed by atoms with van der Waals surface area (Å²) in [5.74, 6) is 0. The Morgan fingerprint density at radius 2 is 2.18 bits per heavy atom. The van der Waals surface area contributed by atoms with Gasteiger partial charge in [-0.05, 0) is 45.0 Å². The van der Waals surface area contributed by atoms with E-state index in [-0.39, 0.29) is 0 Å². The van der Waals surface area contributed by atoms with Crippen molar-refractivity contribution in [3.05, 3.63) is 34.9 Å². The van der Waals surface area contributed by atoms with Crippen LogP contribution in [0.5, 0.6) is 0 Å². The third kappa shape index (κ3) is 3.44. The fourth-order valence-corrected chi connectivity index (χ4v) is 2.87. The summed E-state index contributed by atoms with van der Waals surface area (Å²) < 4.78 is 0. The first-order chi connectivity index (χ1) is 8.16. The molecule has 1 N–H and O–H groups in total. The number of hydrogen-bond acceptors (Lipinski definition) is 2. The van der Waals surface area contributed by atoms with Crippen LogP contribution in [-0.4, -0.2) is 31.1 Å². The van der Waals surface area contributed by atoms with Gasteiger partial charge in [0.05, 0.1) is 0 Å². The number of likely N-dealkylation sites (tertiary alicyclic amines) is 1. The highest BCUT2D eigenvalue weighted by Gasteiger charge is 2.19. The summed E-state index contributed by atoms with van der Waals surface area (Å²) in [7, 11) is 2.19. The zero-order chi connectivity index (χ0) is 12.3. The van der Waals surface area contributed by atoms with Gasteiger partial charge in [0, 0.05) is 23.7 Å². The van der Waals surface area contributed by atoms with Crippen molar-refractivity contribution in [1.29, 1.82) is 0 Å². The molecule has 0 saturated carbocycles. The van der Waals surface area contributed by atoms with Gasteiger partial charge in [0.15, 0.2) is 0 Å². The minimum atomic E-state index is 0.320. The van der Waals surface area contributed by atoms with Gasteiger partial charge >= 0.3 is 0 Å². The van der Waals surface area contributed by atoms with Crippen LogP contribution in [0.3, 0.4) is 0 Å². The molecule has 0 radical (unpaired) electrons. The summed E-state index contributed by atoms with van der Waals surface area (Å²) in [6.07, 6.45) is 2.54. The van der Waals surface area contributed by atoms with Gasteiger partial charge < -0.3 is 10.2 Å². The van der Waals surface area contributed by atoms with Crippen molar-refractivity contribution in [2.45, 2.75) is 31.8 Å². The summed E-state index contributed by atoms with van der Waals surface area (Å²) in [6, 6.07) is 8.99. The van der Waals surface area contributed by atoms with Crippen LogP contribution in [0.25, 0.3) is 0 Å². The van der Waals surface area contributed by atoms with Crippen LogP contribution < -0.4 is 5.32 Å². The summed E-state index contributed by atoms with van der Waals surface area (Å²) in [6.45, 7) is 4.54. The van der Waals surface area contributed by atoms with Crippen LogP contribution >= 0.6 is 11.6 Å². The molecule has 2 atom stereocenters. The van der Waals surface area contributed by atoms with Gasteiger partial charge in [-0.2, -0.15) is 0 Å². The quantitative estimate of drug-likeness (QED) is 0.890. The average molecular weight is 253 g/mol. The second kappa shape index (κ2) is 5.85. The summed E-state index contributed by atoms with van der Waals surface area (Å²) in [4.78, 5) is 2.39. The fraction of sp³-hybridized carbons (Fsp3) is 0.571. The van der Waals surface area contributed by atoms with Crippen molar-refractivity contribution in [1.82, 2.24) is 10.2 Å². The number of benzene rings is 1. The molecule has 2 unspecified atom stereocenters. The molecule has 0 aliphatic carbocycles. The minimum Gasteiger partial charge on any atom is -0.306 e. The molecule has 0 bridgehead atoms. The van der Waals surface area contributed by atoms with Crippen LogP contribution in [0.4, 0.5) is 0 Å². The molecular weight excluding hydrogens is 232 g/mol. The highest BCUT2D eigenvalue weighted by atomic mass is 35.5. The molecular formula is C14H21ClN2. The van der Waals surface area contributed by atoms with E-state index in [0.29, 0.717) is 12.1 Å². The Balaban J connectivity index is 1.97. The molecule has 0 amide bonds. The van der Waals surface area contributed by atoms with Crippen molar-refractivity contribution in [2.24, 2.45) is 0 Å². The number of nitrogens with one attached hydrogen (secondary N) is 1. The van der Waals surface area contributed by atoms with E-state index in [4.69, 9.17) is 11.6 Å². The molecule has 94 valence electrons. The van der Waals surface area contributed by atoms with E-state index in [1.165, 1.54) is 24.9 Å². The van der Waals surface area contributed by atoms with Crippen LogP contribution in [-0.2, 0) is 0 Å². The van der Waals surface area contributed by atoms with Crippen LogP contribution in [0, 0.1) is 0 Å². The van der Waals surface area contributed by atoms with Crippen molar-refractivity contribution in [3.63, 3.8) is 0 Å². The second-order valence-electron chi connectivity index (χ2n) is 5.01. The van der Waals surface area contributed by atoms with Crippen molar-refractivity contribution >= 4 is 11.6 Å². The van der Waals surface area contributed by atoms with Crippen molar-refractivity contribution < 1.29 is 0 Å². The average Bonchev–Trinajstić information content (AvgIpc) is 2.29. The lowest BCUT2D eigenvalue weighted by Crippen LogP contribution is -2.44. The molecule has 1 saturated heterocycles. The lowest BCUT2D eigenvalue weighted by atomic mass is 10.0. The van der Waals surface area contributed by atoms with Gasteiger partial charge in [0.25, 0.3) is 0 Å². The van der Waals surface area contributed by atoms with Crippen molar-refractivity contribution in [2.75, 3.05) is 20.1 Å². The molecule has 1 aromatic rings. The van der Waals surface area contributed by atoms with E-state index in [2.05, 4.69) is 30.3 Å². The highest BCUT2D eigenvalue weighted by molar-refractivity contribution is 6.31. The first-order valence-electron chi connectivity index (χ1n) is 6.36. The van der Waals surface area contributed by atoms with Gasteiger partial charge in [0.2, 0.25) is 0 Å². The van der Waals surface area contributed by atoms with Crippen LogP contribution in [0.15, 0.2) is 24.3 Å².